The fraction of sp³-hybridized carbons (Fsp3) is 0.0625. The molecular formula is C16H12ClFO3. The molecule has 0 heterocycles. The van der Waals surface area contributed by atoms with Crippen LogP contribution in [-0.4, -0.2) is 18.2 Å². The summed E-state index contributed by atoms with van der Waals surface area (Å²) in [4.78, 5) is 11.4. The predicted molar refractivity (Wildman–Crippen MR) is 79.9 cm³/mol. The molecule has 0 aliphatic heterocycles. The van der Waals surface area contributed by atoms with Crippen molar-refractivity contribution in [1.29, 1.82) is 0 Å². The molecular weight excluding hydrogens is 295 g/mol. The Morgan fingerprint density at radius 3 is 2.57 bits per heavy atom. The number of carbonyl (C=O) groups is 1. The zero-order valence-electron chi connectivity index (χ0n) is 11.1. The monoisotopic (exact) mass is 306 g/mol. The largest absolute Gasteiger partial charge is 0.495 e. The quantitative estimate of drug-likeness (QED) is 0.683. The lowest BCUT2D eigenvalue weighted by Gasteiger charge is -2.07. The molecule has 0 aliphatic rings. The van der Waals surface area contributed by atoms with Crippen molar-refractivity contribution in [1.82, 2.24) is 0 Å². The number of hydrogen-bond acceptors (Lipinski definition) is 2. The Balaban J connectivity index is 2.52. The number of rotatable bonds is 4. The van der Waals surface area contributed by atoms with Crippen molar-refractivity contribution in [2.24, 2.45) is 0 Å². The summed E-state index contributed by atoms with van der Waals surface area (Å²) in [6, 6.07) is 10.5. The molecule has 3 nitrogen and oxygen atoms in total. The summed E-state index contributed by atoms with van der Waals surface area (Å²) < 4.78 is 18.7. The highest BCUT2D eigenvalue weighted by atomic mass is 35.5. The summed E-state index contributed by atoms with van der Waals surface area (Å²) in [7, 11) is 1.47. The summed E-state index contributed by atoms with van der Waals surface area (Å²) >= 11 is 5.99. The fourth-order valence-electron chi connectivity index (χ4n) is 1.85. The van der Waals surface area contributed by atoms with Crippen molar-refractivity contribution >= 4 is 29.2 Å². The van der Waals surface area contributed by atoms with Crippen LogP contribution in [0, 0.1) is 5.82 Å². The minimum absolute atomic E-state index is 0.0512. The molecule has 0 radical (unpaired) electrons. The van der Waals surface area contributed by atoms with E-state index < -0.39 is 11.8 Å². The van der Waals surface area contributed by atoms with Gasteiger partial charge in [-0.05, 0) is 29.8 Å². The Kier molecular flexibility index (Phi) is 4.60. The van der Waals surface area contributed by atoms with E-state index in [-0.39, 0.29) is 16.2 Å². The molecule has 0 unspecified atom stereocenters. The van der Waals surface area contributed by atoms with Crippen LogP contribution in [-0.2, 0) is 4.79 Å². The molecule has 1 N–H and O–H groups in total. The van der Waals surface area contributed by atoms with Crippen LogP contribution >= 0.6 is 11.6 Å². The van der Waals surface area contributed by atoms with Crippen molar-refractivity contribution in [3.05, 3.63) is 64.4 Å². The molecule has 0 saturated heterocycles. The summed E-state index contributed by atoms with van der Waals surface area (Å²) in [5, 5.41) is 9.62. The number of halogens is 2. The van der Waals surface area contributed by atoms with Crippen LogP contribution in [0.4, 0.5) is 4.39 Å². The molecule has 0 fully saturated rings. The number of benzene rings is 2. The Labute approximate surface area is 126 Å². The molecule has 0 spiro atoms. The first kappa shape index (κ1) is 15.1. The zero-order chi connectivity index (χ0) is 15.4. The van der Waals surface area contributed by atoms with Crippen molar-refractivity contribution in [3.63, 3.8) is 0 Å². The first-order valence-electron chi connectivity index (χ1n) is 6.06. The molecule has 0 aromatic heterocycles. The van der Waals surface area contributed by atoms with Gasteiger partial charge in [0, 0.05) is 5.56 Å². The highest BCUT2D eigenvalue weighted by molar-refractivity contribution is 6.32. The van der Waals surface area contributed by atoms with Gasteiger partial charge in [0.2, 0.25) is 0 Å². The standard InChI is InChI=1S/C16H12ClFO3/c1-21-15-7-6-10(9-13(15)17)12(16(19)20)8-11-4-2-3-5-14(11)18/h2-9H,1H3,(H,19,20)/b12-8-. The molecule has 5 heteroatoms. The SMILES string of the molecule is COc1ccc(/C(=C/c2ccccc2F)C(=O)O)cc1Cl. The molecule has 21 heavy (non-hydrogen) atoms. The van der Waals surface area contributed by atoms with E-state index in [1.807, 2.05) is 0 Å². The number of methoxy groups -OCH3 is 1. The summed E-state index contributed by atoms with van der Waals surface area (Å²) in [6.07, 6.45) is 1.27. The van der Waals surface area contributed by atoms with Gasteiger partial charge in [-0.3, -0.25) is 0 Å². The molecule has 0 aliphatic carbocycles. The number of hydrogen-bond donors (Lipinski definition) is 1. The summed E-state index contributed by atoms with van der Waals surface area (Å²) in [6.45, 7) is 0. The maximum atomic E-state index is 13.6. The van der Waals surface area contributed by atoms with Crippen LogP contribution in [0.5, 0.6) is 5.75 Å². The zero-order valence-corrected chi connectivity index (χ0v) is 11.9. The van der Waals surface area contributed by atoms with Gasteiger partial charge in [-0.25, -0.2) is 9.18 Å². The Hall–Kier alpha value is -2.33. The van der Waals surface area contributed by atoms with Crippen molar-refractivity contribution in [2.75, 3.05) is 7.11 Å². The van der Waals surface area contributed by atoms with Gasteiger partial charge in [-0.1, -0.05) is 35.9 Å². The second-order valence-electron chi connectivity index (χ2n) is 4.23. The Morgan fingerprint density at radius 1 is 1.29 bits per heavy atom. The maximum absolute atomic E-state index is 13.6. The van der Waals surface area contributed by atoms with Gasteiger partial charge in [0.1, 0.15) is 11.6 Å². The van der Waals surface area contributed by atoms with Crippen LogP contribution in [0.15, 0.2) is 42.5 Å². The number of carboxylic acid groups (broad SMARTS) is 1. The molecule has 2 aromatic rings. The van der Waals surface area contributed by atoms with E-state index in [1.165, 1.54) is 37.5 Å². The molecule has 0 amide bonds. The van der Waals surface area contributed by atoms with Gasteiger partial charge >= 0.3 is 5.97 Å². The first-order chi connectivity index (χ1) is 10.0. The minimum Gasteiger partial charge on any atom is -0.495 e. The van der Waals surface area contributed by atoms with Gasteiger partial charge in [-0.2, -0.15) is 0 Å². The Bertz CT molecular complexity index is 710. The minimum atomic E-state index is -1.17. The second kappa shape index (κ2) is 6.41. The number of aliphatic carboxylic acids is 1. The molecule has 0 bridgehead atoms. The lowest BCUT2D eigenvalue weighted by atomic mass is 10.0. The van der Waals surface area contributed by atoms with Gasteiger partial charge in [0.05, 0.1) is 17.7 Å². The highest BCUT2D eigenvalue weighted by Crippen LogP contribution is 2.29. The van der Waals surface area contributed by atoms with E-state index in [4.69, 9.17) is 16.3 Å². The smallest absolute Gasteiger partial charge is 0.336 e. The third-order valence-electron chi connectivity index (χ3n) is 2.90. The van der Waals surface area contributed by atoms with Crippen LogP contribution in [0.2, 0.25) is 5.02 Å². The van der Waals surface area contributed by atoms with E-state index in [1.54, 1.807) is 18.2 Å². The van der Waals surface area contributed by atoms with Crippen LogP contribution in [0.25, 0.3) is 11.6 Å². The maximum Gasteiger partial charge on any atom is 0.336 e. The first-order valence-corrected chi connectivity index (χ1v) is 6.44. The van der Waals surface area contributed by atoms with E-state index in [0.29, 0.717) is 11.3 Å². The topological polar surface area (TPSA) is 46.5 Å². The molecule has 0 saturated carbocycles. The van der Waals surface area contributed by atoms with E-state index in [0.717, 1.165) is 0 Å². The van der Waals surface area contributed by atoms with Crippen molar-refractivity contribution in [2.45, 2.75) is 0 Å². The molecule has 108 valence electrons. The van der Waals surface area contributed by atoms with Gasteiger partial charge < -0.3 is 9.84 Å². The average molecular weight is 307 g/mol. The van der Waals surface area contributed by atoms with E-state index in [9.17, 15) is 14.3 Å². The van der Waals surface area contributed by atoms with Crippen LogP contribution < -0.4 is 4.74 Å². The molecule has 0 atom stereocenters. The van der Waals surface area contributed by atoms with Gasteiger partial charge in [0.15, 0.2) is 0 Å². The second-order valence-corrected chi connectivity index (χ2v) is 4.64. The van der Waals surface area contributed by atoms with Crippen LogP contribution in [0.1, 0.15) is 11.1 Å². The molecule has 2 rings (SSSR count). The van der Waals surface area contributed by atoms with E-state index >= 15 is 0 Å². The normalized spacial score (nSPS) is 11.3. The third-order valence-corrected chi connectivity index (χ3v) is 3.19. The number of ether oxygens (including phenoxy) is 1. The van der Waals surface area contributed by atoms with E-state index in [2.05, 4.69) is 0 Å². The van der Waals surface area contributed by atoms with Crippen molar-refractivity contribution in [3.8, 4) is 5.75 Å². The fourth-order valence-corrected chi connectivity index (χ4v) is 2.11. The third kappa shape index (κ3) is 3.41. The predicted octanol–water partition coefficient (Wildman–Crippen LogP) is 4.11. The van der Waals surface area contributed by atoms with Crippen molar-refractivity contribution < 1.29 is 19.0 Å². The summed E-state index contributed by atoms with van der Waals surface area (Å²) in [5.41, 5.74) is 0.517. The number of carboxylic acids is 1. The highest BCUT2D eigenvalue weighted by Gasteiger charge is 2.13. The average Bonchev–Trinajstić information content (AvgIpc) is 2.46. The lowest BCUT2D eigenvalue weighted by molar-refractivity contribution is -0.130. The summed E-state index contributed by atoms with van der Waals surface area (Å²) in [5.74, 6) is -1.22. The molecule has 2 aromatic carbocycles. The lowest BCUT2D eigenvalue weighted by Crippen LogP contribution is -2.00. The Morgan fingerprint density at radius 2 is 2.00 bits per heavy atom. The van der Waals surface area contributed by atoms with Gasteiger partial charge in [-0.15, -0.1) is 0 Å². The van der Waals surface area contributed by atoms with Gasteiger partial charge in [0.25, 0.3) is 0 Å². The van der Waals surface area contributed by atoms with Crippen LogP contribution in [0.3, 0.4) is 0 Å².